The maximum Gasteiger partial charge on any atom is -0.0326 e. The molecule has 0 aromatic carbocycles. The molecule has 54 valence electrons. The van der Waals surface area contributed by atoms with E-state index < -0.39 is 0 Å². The zero-order chi connectivity index (χ0) is 6.53. The second kappa shape index (κ2) is 4.28. The number of hydrogen-bond donors (Lipinski definition) is 0. The Kier molecular flexibility index (Phi) is 3.58. The summed E-state index contributed by atoms with van der Waals surface area (Å²) in [6, 6.07) is 0. The van der Waals surface area contributed by atoms with E-state index in [4.69, 9.17) is 0 Å². The summed E-state index contributed by atoms with van der Waals surface area (Å²) in [5.41, 5.74) is 0. The quantitative estimate of drug-likeness (QED) is 0.496. The van der Waals surface area contributed by atoms with Gasteiger partial charge in [0, 0.05) is 0 Å². The van der Waals surface area contributed by atoms with Gasteiger partial charge < -0.3 is 0 Å². The molecule has 0 aromatic heterocycles. The van der Waals surface area contributed by atoms with E-state index in [1.54, 1.807) is 12.3 Å². The van der Waals surface area contributed by atoms with Gasteiger partial charge >= 0.3 is 0 Å². The van der Waals surface area contributed by atoms with E-state index in [2.05, 4.69) is 6.92 Å². The van der Waals surface area contributed by atoms with Crippen LogP contribution in [0.5, 0.6) is 0 Å². The molecule has 0 bridgehead atoms. The molecular weight excluding hydrogens is 127 g/mol. The van der Waals surface area contributed by atoms with Crippen molar-refractivity contribution in [2.24, 2.45) is 0 Å². The molecule has 0 aromatic rings. The van der Waals surface area contributed by atoms with E-state index in [0.29, 0.717) is 7.92 Å². The fourth-order valence-electron chi connectivity index (χ4n) is 1.45. The van der Waals surface area contributed by atoms with E-state index in [1.807, 2.05) is 0 Å². The van der Waals surface area contributed by atoms with Crippen LogP contribution in [0.3, 0.4) is 0 Å². The van der Waals surface area contributed by atoms with Crippen molar-refractivity contribution in [3.8, 4) is 0 Å². The minimum absolute atomic E-state index is 0.504. The van der Waals surface area contributed by atoms with Crippen molar-refractivity contribution in [1.82, 2.24) is 0 Å². The van der Waals surface area contributed by atoms with Crippen LogP contribution in [0, 0.1) is 0 Å². The van der Waals surface area contributed by atoms with Gasteiger partial charge in [0.25, 0.3) is 0 Å². The average molecular weight is 144 g/mol. The first kappa shape index (κ1) is 7.54. The Morgan fingerprint density at radius 2 is 1.56 bits per heavy atom. The molecule has 0 unspecified atom stereocenters. The Bertz CT molecular complexity index is 63.0. The molecule has 9 heavy (non-hydrogen) atoms. The van der Waals surface area contributed by atoms with Crippen molar-refractivity contribution in [3.05, 3.63) is 0 Å². The van der Waals surface area contributed by atoms with Gasteiger partial charge in [0.15, 0.2) is 0 Å². The van der Waals surface area contributed by atoms with E-state index >= 15 is 0 Å². The lowest BCUT2D eigenvalue weighted by Gasteiger charge is -2.09. The van der Waals surface area contributed by atoms with Crippen LogP contribution in [0.4, 0.5) is 0 Å². The highest BCUT2D eigenvalue weighted by Crippen LogP contribution is 2.39. The minimum Gasteiger partial charge on any atom is -0.107 e. The van der Waals surface area contributed by atoms with Crippen LogP contribution in [0.1, 0.15) is 32.6 Å². The van der Waals surface area contributed by atoms with Crippen LogP contribution in [0.2, 0.25) is 0 Å². The molecule has 1 heteroatoms. The summed E-state index contributed by atoms with van der Waals surface area (Å²) in [5, 5.41) is 0. The summed E-state index contributed by atoms with van der Waals surface area (Å²) in [6.45, 7) is 2.36. The monoisotopic (exact) mass is 144 g/mol. The van der Waals surface area contributed by atoms with Crippen LogP contribution in [0.15, 0.2) is 0 Å². The Morgan fingerprint density at radius 3 is 2.00 bits per heavy atom. The SMILES string of the molecule is CCP1CCCCCC1. The van der Waals surface area contributed by atoms with Crippen LogP contribution >= 0.6 is 7.92 Å². The molecule has 0 radical (unpaired) electrons. The summed E-state index contributed by atoms with van der Waals surface area (Å²) in [6.07, 6.45) is 10.7. The first-order valence-electron chi connectivity index (χ1n) is 4.16. The Hall–Kier alpha value is 0.430. The van der Waals surface area contributed by atoms with Crippen molar-refractivity contribution in [1.29, 1.82) is 0 Å². The maximum absolute atomic E-state index is 2.36. The predicted molar refractivity (Wildman–Crippen MR) is 45.7 cm³/mol. The van der Waals surface area contributed by atoms with Gasteiger partial charge in [0.1, 0.15) is 0 Å². The summed E-state index contributed by atoms with van der Waals surface area (Å²) in [4.78, 5) is 0. The molecule has 0 N–H and O–H groups in total. The highest BCUT2D eigenvalue weighted by Gasteiger charge is 2.07. The topological polar surface area (TPSA) is 0 Å². The fraction of sp³-hybridized carbons (Fsp3) is 1.00. The zero-order valence-corrected chi connectivity index (χ0v) is 7.29. The average Bonchev–Trinajstić information content (AvgIpc) is 2.13. The minimum atomic E-state index is 0.504. The molecule has 1 aliphatic rings. The third-order valence-electron chi connectivity index (χ3n) is 2.15. The molecule has 1 fully saturated rings. The predicted octanol–water partition coefficient (Wildman–Crippen LogP) is 3.06. The van der Waals surface area contributed by atoms with Gasteiger partial charge in [-0.1, -0.05) is 19.8 Å². The molecule has 0 amide bonds. The molecule has 0 saturated carbocycles. The van der Waals surface area contributed by atoms with Gasteiger partial charge in [-0.05, 0) is 31.3 Å². The van der Waals surface area contributed by atoms with Crippen molar-refractivity contribution in [2.75, 3.05) is 18.5 Å². The van der Waals surface area contributed by atoms with E-state index in [0.717, 1.165) is 0 Å². The fourth-order valence-corrected chi connectivity index (χ4v) is 3.65. The van der Waals surface area contributed by atoms with Crippen LogP contribution in [-0.4, -0.2) is 18.5 Å². The lowest BCUT2D eigenvalue weighted by atomic mass is 10.2. The molecule has 0 aliphatic carbocycles. The zero-order valence-electron chi connectivity index (χ0n) is 6.40. The second-order valence-electron chi connectivity index (χ2n) is 2.85. The Morgan fingerprint density at radius 1 is 1.00 bits per heavy atom. The van der Waals surface area contributed by atoms with Crippen molar-refractivity contribution in [2.45, 2.75) is 32.6 Å². The summed E-state index contributed by atoms with van der Waals surface area (Å²) < 4.78 is 0. The molecule has 1 heterocycles. The normalized spacial score (nSPS) is 23.7. The smallest absolute Gasteiger partial charge is 0.0326 e. The molecule has 1 saturated heterocycles. The summed E-state index contributed by atoms with van der Waals surface area (Å²) in [5.74, 6) is 0. The van der Waals surface area contributed by atoms with Crippen molar-refractivity contribution >= 4 is 7.92 Å². The lowest BCUT2D eigenvalue weighted by molar-refractivity contribution is 0.726. The van der Waals surface area contributed by atoms with Gasteiger partial charge in [-0.25, -0.2) is 0 Å². The Labute approximate surface area is 59.8 Å². The molecule has 1 rings (SSSR count). The molecule has 0 spiro atoms. The van der Waals surface area contributed by atoms with Gasteiger partial charge in [0.2, 0.25) is 0 Å². The highest BCUT2D eigenvalue weighted by atomic mass is 31.1. The highest BCUT2D eigenvalue weighted by molar-refractivity contribution is 7.57. The summed E-state index contributed by atoms with van der Waals surface area (Å²) >= 11 is 0. The number of rotatable bonds is 1. The molecule has 0 atom stereocenters. The van der Waals surface area contributed by atoms with Crippen LogP contribution in [0.25, 0.3) is 0 Å². The van der Waals surface area contributed by atoms with E-state index in [9.17, 15) is 0 Å². The first-order chi connectivity index (χ1) is 4.43. The van der Waals surface area contributed by atoms with Gasteiger partial charge in [-0.3, -0.25) is 0 Å². The second-order valence-corrected chi connectivity index (χ2v) is 5.72. The Balaban J connectivity index is 2.18. The van der Waals surface area contributed by atoms with Gasteiger partial charge in [-0.15, -0.1) is 7.92 Å². The van der Waals surface area contributed by atoms with Gasteiger partial charge in [-0.2, -0.15) is 0 Å². The largest absolute Gasteiger partial charge is 0.107 e. The molecule has 0 nitrogen and oxygen atoms in total. The van der Waals surface area contributed by atoms with Crippen LogP contribution < -0.4 is 0 Å². The maximum atomic E-state index is 2.36. The standard InChI is InChI=1S/C8H17P/c1-2-9-7-5-3-4-6-8-9/h2-8H2,1H3. The van der Waals surface area contributed by atoms with Crippen LogP contribution in [-0.2, 0) is 0 Å². The third-order valence-corrected chi connectivity index (χ3v) is 4.94. The van der Waals surface area contributed by atoms with Gasteiger partial charge in [0.05, 0.1) is 0 Å². The first-order valence-corrected chi connectivity index (χ1v) is 6.05. The summed E-state index contributed by atoms with van der Waals surface area (Å²) in [7, 11) is 0.504. The van der Waals surface area contributed by atoms with E-state index in [-0.39, 0.29) is 0 Å². The molecular formula is C8H17P. The van der Waals surface area contributed by atoms with Crippen molar-refractivity contribution in [3.63, 3.8) is 0 Å². The third kappa shape index (κ3) is 2.67. The van der Waals surface area contributed by atoms with E-state index in [1.165, 1.54) is 31.8 Å². The number of hydrogen-bond acceptors (Lipinski definition) is 0. The van der Waals surface area contributed by atoms with Crippen molar-refractivity contribution < 1.29 is 0 Å². The lowest BCUT2D eigenvalue weighted by Crippen LogP contribution is -1.87. The molecule has 1 aliphatic heterocycles.